The molecule has 1 aliphatic heterocycles. The van der Waals surface area contributed by atoms with Gasteiger partial charge >= 0.3 is 7.69 Å². The monoisotopic (exact) mass is 284 g/mol. The molecule has 16 heavy (non-hydrogen) atoms. The molecule has 0 amide bonds. The van der Waals surface area contributed by atoms with Crippen LogP contribution in [-0.2, 0) is 4.74 Å². The van der Waals surface area contributed by atoms with E-state index in [0.29, 0.717) is 13.4 Å². The number of halogens is 1. The van der Waals surface area contributed by atoms with Crippen LogP contribution in [0.1, 0.15) is 0 Å². The van der Waals surface area contributed by atoms with Crippen LogP contribution in [0.25, 0.3) is 0 Å². The van der Waals surface area contributed by atoms with E-state index in [9.17, 15) is 0 Å². The summed E-state index contributed by atoms with van der Waals surface area (Å²) in [6, 6.07) is 5.72. The third-order valence-electron chi connectivity index (χ3n) is 2.42. The zero-order valence-electron chi connectivity index (χ0n) is 8.73. The van der Waals surface area contributed by atoms with Gasteiger partial charge in [-0.1, -0.05) is 15.9 Å². The molecule has 0 aromatic heterocycles. The van der Waals surface area contributed by atoms with Crippen LogP contribution >= 0.6 is 15.9 Å². The van der Waals surface area contributed by atoms with Gasteiger partial charge < -0.3 is 19.3 Å². The summed E-state index contributed by atoms with van der Waals surface area (Å²) < 4.78 is 11.2. The van der Waals surface area contributed by atoms with Gasteiger partial charge in [0.2, 0.25) is 0 Å². The lowest BCUT2D eigenvalue weighted by molar-refractivity contribution is 0.122. The molecule has 1 heterocycles. The molecule has 1 fully saturated rings. The minimum atomic E-state index is 0.610. The van der Waals surface area contributed by atoms with Crippen molar-refractivity contribution >= 4 is 29.3 Å². The number of morpholine rings is 1. The van der Waals surface area contributed by atoms with E-state index in [1.165, 1.54) is 0 Å². The molecule has 4 nitrogen and oxygen atoms in total. The Morgan fingerprint density at radius 2 is 2.06 bits per heavy atom. The van der Waals surface area contributed by atoms with Gasteiger partial charge in [0.1, 0.15) is 5.75 Å². The minimum Gasteiger partial charge on any atom is -0.537 e. The SMILES string of the molecule is O[B]Oc1cc(Br)cc(N2CCOCC2)c1. The van der Waals surface area contributed by atoms with Crippen molar-refractivity contribution in [2.45, 2.75) is 0 Å². The van der Waals surface area contributed by atoms with Crippen LogP contribution in [-0.4, -0.2) is 39.0 Å². The van der Waals surface area contributed by atoms with Crippen molar-refractivity contribution in [1.29, 1.82) is 0 Å². The first-order valence-corrected chi connectivity index (χ1v) is 5.85. The number of anilines is 1. The summed E-state index contributed by atoms with van der Waals surface area (Å²) in [4.78, 5) is 2.22. The molecule has 1 saturated heterocycles. The zero-order valence-corrected chi connectivity index (χ0v) is 10.3. The average molecular weight is 285 g/mol. The van der Waals surface area contributed by atoms with E-state index in [1.807, 2.05) is 12.1 Å². The Balaban J connectivity index is 2.18. The number of benzene rings is 1. The second-order valence-corrected chi connectivity index (χ2v) is 4.38. The summed E-state index contributed by atoms with van der Waals surface area (Å²) in [6.45, 7) is 3.24. The number of hydrogen-bond donors (Lipinski definition) is 1. The van der Waals surface area contributed by atoms with Crippen molar-refractivity contribution in [2.75, 3.05) is 31.2 Å². The van der Waals surface area contributed by atoms with Gasteiger partial charge in [-0.15, -0.1) is 0 Å². The van der Waals surface area contributed by atoms with Gasteiger partial charge in [0.25, 0.3) is 0 Å². The second-order valence-electron chi connectivity index (χ2n) is 3.47. The van der Waals surface area contributed by atoms with Crippen molar-refractivity contribution in [3.8, 4) is 5.75 Å². The van der Waals surface area contributed by atoms with E-state index in [4.69, 9.17) is 14.4 Å². The van der Waals surface area contributed by atoms with Crippen molar-refractivity contribution in [1.82, 2.24) is 0 Å². The number of hydrogen-bond acceptors (Lipinski definition) is 4. The van der Waals surface area contributed by atoms with E-state index in [-0.39, 0.29) is 0 Å². The molecule has 0 bridgehead atoms. The Bertz CT molecular complexity index is 358. The van der Waals surface area contributed by atoms with Crippen LogP contribution < -0.4 is 9.55 Å². The van der Waals surface area contributed by atoms with Crippen molar-refractivity contribution in [3.05, 3.63) is 22.7 Å². The molecule has 1 aromatic carbocycles. The standard InChI is InChI=1S/C10H12BBrNO3/c12-8-5-9(7-10(6-8)16-11-14)13-1-3-15-4-2-13/h5-7,14H,1-4H2. The fourth-order valence-electron chi connectivity index (χ4n) is 1.68. The molecule has 6 heteroatoms. The molecule has 0 saturated carbocycles. The number of rotatable bonds is 3. The molecular weight excluding hydrogens is 273 g/mol. The lowest BCUT2D eigenvalue weighted by Crippen LogP contribution is -2.36. The molecule has 0 spiro atoms. The smallest absolute Gasteiger partial charge is 0.537 e. The molecule has 85 valence electrons. The van der Waals surface area contributed by atoms with E-state index >= 15 is 0 Å². The lowest BCUT2D eigenvalue weighted by atomic mass is 10.2. The molecule has 1 aromatic rings. The van der Waals surface area contributed by atoms with Crippen LogP contribution in [0.2, 0.25) is 0 Å². The lowest BCUT2D eigenvalue weighted by Gasteiger charge is -2.29. The highest BCUT2D eigenvalue weighted by molar-refractivity contribution is 9.10. The van der Waals surface area contributed by atoms with Crippen LogP contribution in [0.4, 0.5) is 5.69 Å². The van der Waals surface area contributed by atoms with E-state index in [1.54, 1.807) is 6.07 Å². The maximum atomic E-state index is 8.62. The van der Waals surface area contributed by atoms with Gasteiger partial charge in [-0.25, -0.2) is 0 Å². The van der Waals surface area contributed by atoms with Crippen molar-refractivity contribution < 1.29 is 14.4 Å². The normalized spacial score (nSPS) is 16.0. The first-order chi connectivity index (χ1) is 7.79. The van der Waals surface area contributed by atoms with Gasteiger partial charge in [-0.2, -0.15) is 0 Å². The summed E-state index contributed by atoms with van der Waals surface area (Å²) in [5.41, 5.74) is 1.06. The fourth-order valence-corrected chi connectivity index (χ4v) is 2.14. The van der Waals surface area contributed by atoms with Gasteiger partial charge in [0, 0.05) is 29.3 Å². The van der Waals surface area contributed by atoms with Crippen LogP contribution in [0.15, 0.2) is 22.7 Å². The summed E-state index contributed by atoms with van der Waals surface area (Å²) >= 11 is 3.42. The average Bonchev–Trinajstić information content (AvgIpc) is 2.30. The summed E-state index contributed by atoms with van der Waals surface area (Å²) in [5, 5.41) is 8.62. The quantitative estimate of drug-likeness (QED) is 0.847. The molecule has 0 atom stereocenters. The highest BCUT2D eigenvalue weighted by atomic mass is 79.9. The van der Waals surface area contributed by atoms with Crippen molar-refractivity contribution in [3.63, 3.8) is 0 Å². The maximum Gasteiger partial charge on any atom is 0.569 e. The maximum absolute atomic E-state index is 8.62. The van der Waals surface area contributed by atoms with Gasteiger partial charge in [0.15, 0.2) is 0 Å². The summed E-state index contributed by atoms with van der Waals surface area (Å²) in [6.07, 6.45) is 0. The fraction of sp³-hybridized carbons (Fsp3) is 0.400. The first-order valence-electron chi connectivity index (χ1n) is 5.05. The Kier molecular flexibility index (Phi) is 4.09. The van der Waals surface area contributed by atoms with Crippen molar-refractivity contribution in [2.24, 2.45) is 0 Å². The molecule has 1 aliphatic rings. The second kappa shape index (κ2) is 5.56. The van der Waals surface area contributed by atoms with E-state index < -0.39 is 0 Å². The van der Waals surface area contributed by atoms with E-state index in [2.05, 4.69) is 20.8 Å². The predicted molar refractivity (Wildman–Crippen MR) is 65.8 cm³/mol. The highest BCUT2D eigenvalue weighted by Gasteiger charge is 2.12. The third kappa shape index (κ3) is 2.90. The van der Waals surface area contributed by atoms with Gasteiger partial charge in [-0.05, 0) is 12.1 Å². The summed E-state index contributed by atoms with van der Waals surface area (Å²) in [7, 11) is 0.685. The molecule has 1 radical (unpaired) electrons. The molecular formula is C10H12BBrNO3. The van der Waals surface area contributed by atoms with Crippen LogP contribution in [0.3, 0.4) is 0 Å². The number of nitrogens with zero attached hydrogens (tertiary/aromatic N) is 1. The minimum absolute atomic E-state index is 0.610. The zero-order chi connectivity index (χ0) is 11.4. The molecule has 1 N–H and O–H groups in total. The molecule has 0 unspecified atom stereocenters. The van der Waals surface area contributed by atoms with Crippen LogP contribution in [0, 0.1) is 0 Å². The van der Waals surface area contributed by atoms with Gasteiger partial charge in [-0.3, -0.25) is 0 Å². The van der Waals surface area contributed by atoms with E-state index in [0.717, 1.165) is 36.5 Å². The highest BCUT2D eigenvalue weighted by Crippen LogP contribution is 2.27. The Labute approximate surface area is 104 Å². The Hall–Kier alpha value is -0.715. The largest absolute Gasteiger partial charge is 0.569 e. The van der Waals surface area contributed by atoms with Gasteiger partial charge in [0.05, 0.1) is 13.2 Å². The Morgan fingerprint density at radius 3 is 2.75 bits per heavy atom. The van der Waals surface area contributed by atoms with Crippen LogP contribution in [0.5, 0.6) is 5.75 Å². The predicted octanol–water partition coefficient (Wildman–Crippen LogP) is 1.19. The topological polar surface area (TPSA) is 41.9 Å². The first kappa shape index (κ1) is 11.8. The summed E-state index contributed by atoms with van der Waals surface area (Å²) in [5.74, 6) is 0.610. The number of ether oxygens (including phenoxy) is 1. The molecule has 2 rings (SSSR count). The third-order valence-corrected chi connectivity index (χ3v) is 2.88. The Morgan fingerprint density at radius 1 is 1.31 bits per heavy atom. The molecule has 0 aliphatic carbocycles.